The fourth-order valence-corrected chi connectivity index (χ4v) is 1.81. The van der Waals surface area contributed by atoms with Crippen LogP contribution in [0.3, 0.4) is 0 Å². The van der Waals surface area contributed by atoms with Crippen LogP contribution in [0.5, 0.6) is 0 Å². The summed E-state index contributed by atoms with van der Waals surface area (Å²) < 4.78 is 0. The van der Waals surface area contributed by atoms with E-state index in [4.69, 9.17) is 5.11 Å². The maximum atomic E-state index is 10.3. The number of rotatable bonds is 5. The van der Waals surface area contributed by atoms with Gasteiger partial charge in [0.1, 0.15) is 0 Å². The van der Waals surface area contributed by atoms with Gasteiger partial charge in [0.05, 0.1) is 6.42 Å². The minimum absolute atomic E-state index is 0.220. The summed E-state index contributed by atoms with van der Waals surface area (Å²) in [6.07, 6.45) is 1.36. The van der Waals surface area contributed by atoms with E-state index in [1.54, 1.807) is 0 Å². The first-order valence-corrected chi connectivity index (χ1v) is 5.29. The van der Waals surface area contributed by atoms with Crippen molar-refractivity contribution in [1.82, 2.24) is 10.2 Å². The fourth-order valence-electron chi connectivity index (χ4n) is 1.81. The highest BCUT2D eigenvalue weighted by molar-refractivity contribution is 5.66. The summed E-state index contributed by atoms with van der Waals surface area (Å²) in [6, 6.07) is 1.08. The molecular formula is C10H20N2O2. The molecule has 4 nitrogen and oxygen atoms in total. The lowest BCUT2D eigenvalue weighted by atomic mass is 10.2. The van der Waals surface area contributed by atoms with Gasteiger partial charge in [-0.1, -0.05) is 0 Å². The Morgan fingerprint density at radius 2 is 2.36 bits per heavy atom. The molecule has 0 saturated carbocycles. The summed E-state index contributed by atoms with van der Waals surface area (Å²) in [5, 5.41) is 11.8. The Morgan fingerprint density at radius 1 is 1.64 bits per heavy atom. The average Bonchev–Trinajstić information content (AvgIpc) is 2.52. The second-order valence-corrected chi connectivity index (χ2v) is 4.17. The third-order valence-corrected chi connectivity index (χ3v) is 2.72. The van der Waals surface area contributed by atoms with Gasteiger partial charge in [0, 0.05) is 25.2 Å². The monoisotopic (exact) mass is 200 g/mol. The van der Waals surface area contributed by atoms with Crippen molar-refractivity contribution < 1.29 is 9.90 Å². The van der Waals surface area contributed by atoms with E-state index in [0.717, 1.165) is 19.5 Å². The molecule has 0 spiro atoms. The SMILES string of the molecule is CC(C)N1CC[C@H](NCCC(=O)O)C1. The minimum Gasteiger partial charge on any atom is -0.481 e. The molecule has 0 aromatic heterocycles. The van der Waals surface area contributed by atoms with Crippen LogP contribution in [0.15, 0.2) is 0 Å². The number of nitrogens with one attached hydrogen (secondary N) is 1. The van der Waals surface area contributed by atoms with Crippen molar-refractivity contribution in [3.8, 4) is 0 Å². The molecular weight excluding hydrogens is 180 g/mol. The summed E-state index contributed by atoms with van der Waals surface area (Å²) in [7, 11) is 0. The molecule has 1 saturated heterocycles. The van der Waals surface area contributed by atoms with Gasteiger partial charge in [-0.2, -0.15) is 0 Å². The van der Waals surface area contributed by atoms with Crippen LogP contribution in [-0.2, 0) is 4.79 Å². The summed E-state index contributed by atoms with van der Waals surface area (Å²) in [5.41, 5.74) is 0. The second-order valence-electron chi connectivity index (χ2n) is 4.17. The maximum absolute atomic E-state index is 10.3. The van der Waals surface area contributed by atoms with Gasteiger partial charge in [-0.3, -0.25) is 9.69 Å². The lowest BCUT2D eigenvalue weighted by Crippen LogP contribution is -2.36. The van der Waals surface area contributed by atoms with Gasteiger partial charge in [-0.05, 0) is 26.8 Å². The van der Waals surface area contributed by atoms with E-state index in [1.165, 1.54) is 0 Å². The van der Waals surface area contributed by atoms with Crippen LogP contribution in [0.4, 0.5) is 0 Å². The lowest BCUT2D eigenvalue weighted by Gasteiger charge is -2.20. The second kappa shape index (κ2) is 5.32. The van der Waals surface area contributed by atoms with Crippen molar-refractivity contribution in [2.45, 2.75) is 38.8 Å². The molecule has 0 aromatic carbocycles. The fraction of sp³-hybridized carbons (Fsp3) is 0.900. The Kier molecular flexibility index (Phi) is 4.35. The molecule has 1 rings (SSSR count). The third kappa shape index (κ3) is 3.64. The van der Waals surface area contributed by atoms with E-state index < -0.39 is 5.97 Å². The van der Waals surface area contributed by atoms with Gasteiger partial charge in [0.2, 0.25) is 0 Å². The highest BCUT2D eigenvalue weighted by Crippen LogP contribution is 2.11. The Hall–Kier alpha value is -0.610. The van der Waals surface area contributed by atoms with Gasteiger partial charge >= 0.3 is 5.97 Å². The topological polar surface area (TPSA) is 52.6 Å². The van der Waals surface area contributed by atoms with Crippen LogP contribution in [0.25, 0.3) is 0 Å². The Balaban J connectivity index is 2.13. The van der Waals surface area contributed by atoms with E-state index in [0.29, 0.717) is 18.6 Å². The molecule has 1 atom stereocenters. The smallest absolute Gasteiger partial charge is 0.304 e. The van der Waals surface area contributed by atoms with E-state index in [9.17, 15) is 4.79 Å². The molecule has 82 valence electrons. The number of hydrogen-bond acceptors (Lipinski definition) is 3. The van der Waals surface area contributed by atoms with Crippen LogP contribution in [0.2, 0.25) is 0 Å². The van der Waals surface area contributed by atoms with E-state index in [2.05, 4.69) is 24.1 Å². The standard InChI is InChI=1S/C10H20N2O2/c1-8(2)12-6-4-9(7-12)11-5-3-10(13)14/h8-9,11H,3-7H2,1-2H3,(H,13,14)/t9-/m0/s1. The zero-order chi connectivity index (χ0) is 10.6. The van der Waals surface area contributed by atoms with Gasteiger partial charge in [0.25, 0.3) is 0 Å². The molecule has 1 aliphatic heterocycles. The minimum atomic E-state index is -0.726. The molecule has 0 amide bonds. The summed E-state index contributed by atoms with van der Waals surface area (Å²) in [6.45, 7) is 7.16. The van der Waals surface area contributed by atoms with E-state index in [1.807, 2.05) is 0 Å². The average molecular weight is 200 g/mol. The molecule has 0 aromatic rings. The maximum Gasteiger partial charge on any atom is 0.304 e. The number of hydrogen-bond donors (Lipinski definition) is 2. The van der Waals surface area contributed by atoms with Crippen LogP contribution >= 0.6 is 0 Å². The third-order valence-electron chi connectivity index (χ3n) is 2.72. The van der Waals surface area contributed by atoms with Crippen molar-refractivity contribution in [2.24, 2.45) is 0 Å². The van der Waals surface area contributed by atoms with Crippen LogP contribution in [-0.4, -0.2) is 47.7 Å². The first-order chi connectivity index (χ1) is 6.59. The van der Waals surface area contributed by atoms with Crippen LogP contribution in [0, 0.1) is 0 Å². The number of carbonyl (C=O) groups is 1. The van der Waals surface area contributed by atoms with Crippen molar-refractivity contribution in [3.05, 3.63) is 0 Å². The first-order valence-electron chi connectivity index (χ1n) is 5.29. The highest BCUT2D eigenvalue weighted by Gasteiger charge is 2.23. The zero-order valence-corrected chi connectivity index (χ0v) is 8.99. The number of carboxylic acid groups (broad SMARTS) is 1. The molecule has 2 N–H and O–H groups in total. The van der Waals surface area contributed by atoms with Gasteiger partial charge in [-0.25, -0.2) is 0 Å². The molecule has 1 aliphatic rings. The Bertz CT molecular complexity index is 195. The molecule has 1 fully saturated rings. The van der Waals surface area contributed by atoms with Crippen molar-refractivity contribution in [1.29, 1.82) is 0 Å². The van der Waals surface area contributed by atoms with Crippen molar-refractivity contribution >= 4 is 5.97 Å². The zero-order valence-electron chi connectivity index (χ0n) is 8.99. The van der Waals surface area contributed by atoms with Crippen LogP contribution < -0.4 is 5.32 Å². The molecule has 1 heterocycles. The Morgan fingerprint density at radius 3 is 2.86 bits per heavy atom. The quantitative estimate of drug-likeness (QED) is 0.680. The summed E-state index contributed by atoms with van der Waals surface area (Å²) in [5.74, 6) is -0.726. The molecule has 0 bridgehead atoms. The summed E-state index contributed by atoms with van der Waals surface area (Å²) >= 11 is 0. The van der Waals surface area contributed by atoms with Gasteiger partial charge < -0.3 is 10.4 Å². The number of nitrogens with zero attached hydrogens (tertiary/aromatic N) is 1. The number of aliphatic carboxylic acids is 1. The molecule has 4 heteroatoms. The predicted octanol–water partition coefficient (Wildman–Crippen LogP) is 0.533. The van der Waals surface area contributed by atoms with Gasteiger partial charge in [0.15, 0.2) is 0 Å². The molecule has 0 unspecified atom stereocenters. The van der Waals surface area contributed by atoms with E-state index in [-0.39, 0.29) is 6.42 Å². The van der Waals surface area contributed by atoms with E-state index >= 15 is 0 Å². The summed E-state index contributed by atoms with van der Waals surface area (Å²) in [4.78, 5) is 12.7. The predicted molar refractivity (Wildman–Crippen MR) is 55.4 cm³/mol. The van der Waals surface area contributed by atoms with Crippen molar-refractivity contribution in [2.75, 3.05) is 19.6 Å². The molecule has 0 radical (unpaired) electrons. The van der Waals surface area contributed by atoms with Crippen LogP contribution in [0.1, 0.15) is 26.7 Å². The number of carboxylic acids is 1. The molecule has 14 heavy (non-hydrogen) atoms. The lowest BCUT2D eigenvalue weighted by molar-refractivity contribution is -0.136. The Labute approximate surface area is 85.3 Å². The largest absolute Gasteiger partial charge is 0.481 e. The number of likely N-dealkylation sites (tertiary alicyclic amines) is 1. The first kappa shape index (κ1) is 11.5. The normalized spacial score (nSPS) is 23.2. The highest BCUT2D eigenvalue weighted by atomic mass is 16.4. The van der Waals surface area contributed by atoms with Gasteiger partial charge in [-0.15, -0.1) is 0 Å². The molecule has 0 aliphatic carbocycles. The van der Waals surface area contributed by atoms with Crippen molar-refractivity contribution in [3.63, 3.8) is 0 Å².